The van der Waals surface area contributed by atoms with Crippen LogP contribution in [-0.2, 0) is 0 Å². The summed E-state index contributed by atoms with van der Waals surface area (Å²) < 4.78 is 0.944. The minimum absolute atomic E-state index is 0.256. The molecule has 1 aliphatic heterocycles. The third-order valence-electron chi connectivity index (χ3n) is 2.32. The first kappa shape index (κ1) is 9.68. The molecule has 1 fully saturated rings. The van der Waals surface area contributed by atoms with Crippen molar-refractivity contribution in [2.75, 3.05) is 18.0 Å². The number of aliphatic hydroxyl groups is 1. The van der Waals surface area contributed by atoms with Gasteiger partial charge in [-0.15, -0.1) is 0 Å². The van der Waals surface area contributed by atoms with Gasteiger partial charge in [-0.2, -0.15) is 0 Å². The van der Waals surface area contributed by atoms with Crippen LogP contribution in [-0.4, -0.2) is 30.6 Å². The van der Waals surface area contributed by atoms with E-state index in [9.17, 15) is 9.90 Å². The van der Waals surface area contributed by atoms with Crippen molar-refractivity contribution in [3.8, 4) is 0 Å². The normalized spacial score (nSPS) is 16.6. The molecule has 0 aromatic heterocycles. The van der Waals surface area contributed by atoms with Crippen LogP contribution in [0, 0.1) is 0 Å². The lowest BCUT2D eigenvalue weighted by molar-refractivity contribution is 0.112. The summed E-state index contributed by atoms with van der Waals surface area (Å²) in [6.45, 7) is 1.22. The van der Waals surface area contributed by atoms with Crippen molar-refractivity contribution in [2.45, 2.75) is 6.10 Å². The first-order chi connectivity index (χ1) is 6.70. The molecule has 14 heavy (non-hydrogen) atoms. The fourth-order valence-electron chi connectivity index (χ4n) is 1.54. The molecule has 0 bridgehead atoms. The van der Waals surface area contributed by atoms with Crippen LogP contribution in [0.2, 0.25) is 0 Å². The van der Waals surface area contributed by atoms with E-state index in [0.717, 1.165) is 16.4 Å². The predicted molar refractivity (Wildman–Crippen MR) is 57.7 cm³/mol. The molecule has 1 aliphatic rings. The molecule has 0 saturated carbocycles. The standard InChI is InChI=1S/C10H10BrNO2/c11-8-2-1-7(6-13)10(3-8)12-4-9(14)5-12/h1-3,6,9,14H,4-5H2. The quantitative estimate of drug-likeness (QED) is 0.814. The highest BCUT2D eigenvalue weighted by molar-refractivity contribution is 9.10. The second-order valence-electron chi connectivity index (χ2n) is 3.38. The Morgan fingerprint density at radius 3 is 2.79 bits per heavy atom. The van der Waals surface area contributed by atoms with Crippen LogP contribution < -0.4 is 4.90 Å². The molecular weight excluding hydrogens is 246 g/mol. The number of hydrogen-bond acceptors (Lipinski definition) is 3. The van der Waals surface area contributed by atoms with Crippen molar-refractivity contribution in [1.82, 2.24) is 0 Å². The lowest BCUT2D eigenvalue weighted by Crippen LogP contribution is -2.51. The molecule has 0 aliphatic carbocycles. The van der Waals surface area contributed by atoms with Crippen LogP contribution in [0.4, 0.5) is 5.69 Å². The number of β-amino-alcohol motifs (C(OH)–C–C–N with tert-alkyl or cyclic N) is 1. The van der Waals surface area contributed by atoms with Gasteiger partial charge in [-0.05, 0) is 18.2 Å². The van der Waals surface area contributed by atoms with Crippen molar-refractivity contribution >= 4 is 27.9 Å². The van der Waals surface area contributed by atoms with Crippen molar-refractivity contribution < 1.29 is 9.90 Å². The zero-order valence-corrected chi connectivity index (χ0v) is 9.07. The van der Waals surface area contributed by atoms with E-state index in [1.54, 1.807) is 6.07 Å². The van der Waals surface area contributed by atoms with Gasteiger partial charge < -0.3 is 10.0 Å². The first-order valence-electron chi connectivity index (χ1n) is 4.38. The minimum Gasteiger partial charge on any atom is -0.389 e. The Hall–Kier alpha value is -0.870. The zero-order valence-electron chi connectivity index (χ0n) is 7.48. The molecule has 1 saturated heterocycles. The average molecular weight is 256 g/mol. The van der Waals surface area contributed by atoms with Crippen LogP contribution >= 0.6 is 15.9 Å². The number of nitrogens with zero attached hydrogens (tertiary/aromatic N) is 1. The van der Waals surface area contributed by atoms with E-state index in [0.29, 0.717) is 18.7 Å². The summed E-state index contributed by atoms with van der Waals surface area (Å²) in [5.41, 5.74) is 1.56. The maximum absolute atomic E-state index is 10.8. The molecule has 0 unspecified atom stereocenters. The molecular formula is C10H10BrNO2. The summed E-state index contributed by atoms with van der Waals surface area (Å²) >= 11 is 3.36. The zero-order chi connectivity index (χ0) is 10.1. The largest absolute Gasteiger partial charge is 0.389 e. The number of anilines is 1. The molecule has 74 valence electrons. The van der Waals surface area contributed by atoms with E-state index in [4.69, 9.17) is 0 Å². The monoisotopic (exact) mass is 255 g/mol. The van der Waals surface area contributed by atoms with Gasteiger partial charge in [-0.3, -0.25) is 4.79 Å². The summed E-state index contributed by atoms with van der Waals surface area (Å²) in [7, 11) is 0. The smallest absolute Gasteiger partial charge is 0.152 e. The molecule has 1 aromatic carbocycles. The van der Waals surface area contributed by atoms with Gasteiger partial charge in [0.1, 0.15) is 0 Å². The van der Waals surface area contributed by atoms with Gasteiger partial charge in [-0.1, -0.05) is 15.9 Å². The third kappa shape index (κ3) is 1.67. The van der Waals surface area contributed by atoms with E-state index in [1.165, 1.54) is 0 Å². The topological polar surface area (TPSA) is 40.5 Å². The second kappa shape index (κ2) is 3.71. The Kier molecular flexibility index (Phi) is 2.56. The molecule has 0 radical (unpaired) electrons. The van der Waals surface area contributed by atoms with E-state index in [-0.39, 0.29) is 6.10 Å². The van der Waals surface area contributed by atoms with E-state index in [2.05, 4.69) is 15.9 Å². The number of carbonyl (C=O) groups excluding carboxylic acids is 1. The van der Waals surface area contributed by atoms with Gasteiger partial charge in [0, 0.05) is 28.8 Å². The highest BCUT2D eigenvalue weighted by Gasteiger charge is 2.26. The Morgan fingerprint density at radius 1 is 1.50 bits per heavy atom. The number of rotatable bonds is 2. The summed E-state index contributed by atoms with van der Waals surface area (Å²) in [6, 6.07) is 5.51. The molecule has 3 nitrogen and oxygen atoms in total. The van der Waals surface area contributed by atoms with Gasteiger partial charge >= 0.3 is 0 Å². The summed E-state index contributed by atoms with van der Waals surface area (Å²) in [6.07, 6.45) is 0.584. The fraction of sp³-hybridized carbons (Fsp3) is 0.300. The van der Waals surface area contributed by atoms with Crippen molar-refractivity contribution in [3.05, 3.63) is 28.2 Å². The SMILES string of the molecule is O=Cc1ccc(Br)cc1N1CC(O)C1. The summed E-state index contributed by atoms with van der Waals surface area (Å²) in [5.74, 6) is 0. The maximum atomic E-state index is 10.8. The number of halogens is 1. The lowest BCUT2D eigenvalue weighted by Gasteiger charge is -2.38. The number of aldehydes is 1. The van der Waals surface area contributed by atoms with Gasteiger partial charge in [0.15, 0.2) is 6.29 Å². The molecule has 2 rings (SSSR count). The minimum atomic E-state index is -0.256. The first-order valence-corrected chi connectivity index (χ1v) is 5.18. The van der Waals surface area contributed by atoms with Crippen molar-refractivity contribution in [2.24, 2.45) is 0 Å². The van der Waals surface area contributed by atoms with Gasteiger partial charge in [0.05, 0.1) is 6.10 Å². The fourth-order valence-corrected chi connectivity index (χ4v) is 1.89. The Balaban J connectivity index is 2.30. The second-order valence-corrected chi connectivity index (χ2v) is 4.30. The van der Waals surface area contributed by atoms with Crippen LogP contribution in [0.15, 0.2) is 22.7 Å². The number of benzene rings is 1. The molecule has 0 spiro atoms. The number of hydrogen-bond donors (Lipinski definition) is 1. The van der Waals surface area contributed by atoms with Gasteiger partial charge in [0.2, 0.25) is 0 Å². The molecule has 1 aromatic rings. The van der Waals surface area contributed by atoms with Crippen LogP contribution in [0.25, 0.3) is 0 Å². The molecule has 0 atom stereocenters. The highest BCUT2D eigenvalue weighted by Crippen LogP contribution is 2.27. The number of carbonyl (C=O) groups is 1. The van der Waals surface area contributed by atoms with E-state index in [1.807, 2.05) is 17.0 Å². The third-order valence-corrected chi connectivity index (χ3v) is 2.82. The predicted octanol–water partition coefficient (Wildman–Crippen LogP) is 1.44. The maximum Gasteiger partial charge on any atom is 0.152 e. The van der Waals surface area contributed by atoms with Gasteiger partial charge in [-0.25, -0.2) is 0 Å². The van der Waals surface area contributed by atoms with Crippen LogP contribution in [0.3, 0.4) is 0 Å². The van der Waals surface area contributed by atoms with Crippen LogP contribution in [0.1, 0.15) is 10.4 Å². The van der Waals surface area contributed by atoms with E-state index < -0.39 is 0 Å². The highest BCUT2D eigenvalue weighted by atomic mass is 79.9. The summed E-state index contributed by atoms with van der Waals surface area (Å²) in [4.78, 5) is 12.7. The number of aliphatic hydroxyl groups excluding tert-OH is 1. The average Bonchev–Trinajstić information content (AvgIpc) is 2.13. The van der Waals surface area contributed by atoms with Crippen LogP contribution in [0.5, 0.6) is 0 Å². The Bertz CT molecular complexity index is 361. The van der Waals surface area contributed by atoms with Gasteiger partial charge in [0.25, 0.3) is 0 Å². The molecule has 0 amide bonds. The lowest BCUT2D eigenvalue weighted by atomic mass is 10.1. The molecule has 1 N–H and O–H groups in total. The Labute approximate surface area is 90.5 Å². The van der Waals surface area contributed by atoms with Crippen molar-refractivity contribution in [3.63, 3.8) is 0 Å². The van der Waals surface area contributed by atoms with E-state index >= 15 is 0 Å². The molecule has 1 heterocycles. The molecule has 4 heteroatoms. The van der Waals surface area contributed by atoms with Crippen molar-refractivity contribution in [1.29, 1.82) is 0 Å². The summed E-state index contributed by atoms with van der Waals surface area (Å²) in [5, 5.41) is 9.17. The Morgan fingerprint density at radius 2 is 2.21 bits per heavy atom.